The minimum atomic E-state index is -0.0989. The third-order valence-electron chi connectivity index (χ3n) is 2.93. The zero-order chi connectivity index (χ0) is 12.0. The van der Waals surface area contributed by atoms with Crippen molar-refractivity contribution in [2.75, 3.05) is 6.61 Å². The molecule has 2 atom stereocenters. The highest BCUT2D eigenvalue weighted by molar-refractivity contribution is 5.73. The van der Waals surface area contributed by atoms with Gasteiger partial charge in [0.1, 0.15) is 0 Å². The molecule has 88 valence electrons. The lowest BCUT2D eigenvalue weighted by atomic mass is 9.85. The fourth-order valence-electron chi connectivity index (χ4n) is 2.02. The molecule has 2 heteroatoms. The highest BCUT2D eigenvalue weighted by Gasteiger charge is 2.24. The second kappa shape index (κ2) is 6.31. The maximum atomic E-state index is 11.7. The molecule has 1 aromatic carbocycles. The second-order valence-corrected chi connectivity index (χ2v) is 3.97. The van der Waals surface area contributed by atoms with E-state index in [1.165, 1.54) is 5.56 Å². The maximum Gasteiger partial charge on any atom is 0.309 e. The van der Waals surface area contributed by atoms with Crippen molar-refractivity contribution in [3.63, 3.8) is 0 Å². The Balaban J connectivity index is 2.78. The molecule has 0 fully saturated rings. The van der Waals surface area contributed by atoms with E-state index >= 15 is 0 Å². The zero-order valence-corrected chi connectivity index (χ0v) is 10.3. The molecule has 0 saturated heterocycles. The molecule has 0 saturated carbocycles. The van der Waals surface area contributed by atoms with E-state index in [9.17, 15) is 4.79 Å². The quantitative estimate of drug-likeness (QED) is 0.711. The van der Waals surface area contributed by atoms with Crippen molar-refractivity contribution in [2.24, 2.45) is 5.92 Å². The molecule has 1 rings (SSSR count). The second-order valence-electron chi connectivity index (χ2n) is 3.97. The van der Waals surface area contributed by atoms with Crippen LogP contribution in [-0.4, -0.2) is 12.6 Å². The van der Waals surface area contributed by atoms with Gasteiger partial charge in [-0.25, -0.2) is 0 Å². The van der Waals surface area contributed by atoms with Crippen LogP contribution in [-0.2, 0) is 9.53 Å². The molecule has 16 heavy (non-hydrogen) atoms. The molecule has 0 bridgehead atoms. The molecule has 0 N–H and O–H groups in total. The SMILES string of the molecule is CCOC(=O)[C@@H](C)[C@@H](CC)c1ccccc1. The minimum absolute atomic E-state index is 0.0765. The lowest BCUT2D eigenvalue weighted by Crippen LogP contribution is -2.21. The first-order valence-electron chi connectivity index (χ1n) is 5.92. The summed E-state index contributed by atoms with van der Waals surface area (Å²) < 4.78 is 5.07. The molecule has 2 nitrogen and oxygen atoms in total. The summed E-state index contributed by atoms with van der Waals surface area (Å²) in [5.41, 5.74) is 1.21. The van der Waals surface area contributed by atoms with Gasteiger partial charge in [-0.3, -0.25) is 4.79 Å². The molecule has 1 aromatic rings. The largest absolute Gasteiger partial charge is 0.466 e. The Labute approximate surface area is 97.6 Å². The first kappa shape index (κ1) is 12.8. The van der Waals surface area contributed by atoms with Crippen molar-refractivity contribution in [2.45, 2.75) is 33.1 Å². The molecule has 0 radical (unpaired) electrons. The van der Waals surface area contributed by atoms with Crippen molar-refractivity contribution >= 4 is 5.97 Å². The number of carbonyl (C=O) groups is 1. The number of ether oxygens (including phenoxy) is 1. The fraction of sp³-hybridized carbons (Fsp3) is 0.500. The third-order valence-corrected chi connectivity index (χ3v) is 2.93. The maximum absolute atomic E-state index is 11.7. The van der Waals surface area contributed by atoms with E-state index in [0.29, 0.717) is 6.61 Å². The highest BCUT2D eigenvalue weighted by atomic mass is 16.5. The van der Waals surface area contributed by atoms with Crippen molar-refractivity contribution in [1.82, 2.24) is 0 Å². The minimum Gasteiger partial charge on any atom is -0.466 e. The van der Waals surface area contributed by atoms with Gasteiger partial charge in [0.05, 0.1) is 12.5 Å². The number of carbonyl (C=O) groups excluding carboxylic acids is 1. The highest BCUT2D eigenvalue weighted by Crippen LogP contribution is 2.28. The van der Waals surface area contributed by atoms with Gasteiger partial charge < -0.3 is 4.74 Å². The summed E-state index contributed by atoms with van der Waals surface area (Å²) in [6.07, 6.45) is 0.948. The number of hydrogen-bond donors (Lipinski definition) is 0. The van der Waals surface area contributed by atoms with E-state index in [4.69, 9.17) is 4.74 Å². The first-order chi connectivity index (χ1) is 7.70. The molecule has 0 spiro atoms. The summed E-state index contributed by atoms with van der Waals surface area (Å²) >= 11 is 0. The van der Waals surface area contributed by atoms with E-state index in [1.807, 2.05) is 32.0 Å². The van der Waals surface area contributed by atoms with Gasteiger partial charge in [0.15, 0.2) is 0 Å². The Morgan fingerprint density at radius 1 is 1.25 bits per heavy atom. The summed E-state index contributed by atoms with van der Waals surface area (Å²) in [5.74, 6) is 0.0748. The van der Waals surface area contributed by atoms with Crippen molar-refractivity contribution in [1.29, 1.82) is 0 Å². The predicted molar refractivity (Wildman–Crippen MR) is 65.3 cm³/mol. The van der Waals surface area contributed by atoms with Gasteiger partial charge in [0.2, 0.25) is 0 Å². The summed E-state index contributed by atoms with van der Waals surface area (Å²) in [6.45, 7) is 6.34. The summed E-state index contributed by atoms with van der Waals surface area (Å²) in [4.78, 5) is 11.7. The molecule has 0 aliphatic rings. The predicted octanol–water partition coefficient (Wildman–Crippen LogP) is 3.38. The van der Waals surface area contributed by atoms with E-state index < -0.39 is 0 Å². The monoisotopic (exact) mass is 220 g/mol. The van der Waals surface area contributed by atoms with E-state index in [1.54, 1.807) is 0 Å². The van der Waals surface area contributed by atoms with Crippen LogP contribution in [0.1, 0.15) is 38.7 Å². The van der Waals surface area contributed by atoms with Crippen molar-refractivity contribution in [3.05, 3.63) is 35.9 Å². The van der Waals surface area contributed by atoms with Crippen LogP contribution in [0.15, 0.2) is 30.3 Å². The molecule has 0 aromatic heterocycles. The van der Waals surface area contributed by atoms with E-state index in [2.05, 4.69) is 19.1 Å². The van der Waals surface area contributed by atoms with Crippen LogP contribution in [0.2, 0.25) is 0 Å². The standard InChI is InChI=1S/C14H20O2/c1-4-13(11(3)14(15)16-5-2)12-9-7-6-8-10-12/h6-11,13H,4-5H2,1-3H3/t11-,13+/m0/s1. The van der Waals surface area contributed by atoms with Gasteiger partial charge in [-0.2, -0.15) is 0 Å². The molecule has 0 unspecified atom stereocenters. The summed E-state index contributed by atoms with van der Waals surface area (Å²) in [7, 11) is 0. The van der Waals surface area contributed by atoms with Gasteiger partial charge in [0, 0.05) is 0 Å². The van der Waals surface area contributed by atoms with Gasteiger partial charge in [-0.1, -0.05) is 44.2 Å². The van der Waals surface area contributed by atoms with E-state index in [-0.39, 0.29) is 17.8 Å². The lowest BCUT2D eigenvalue weighted by molar-refractivity contribution is -0.148. The average molecular weight is 220 g/mol. The number of esters is 1. The summed E-state index contributed by atoms with van der Waals surface area (Å²) in [6, 6.07) is 10.2. The van der Waals surface area contributed by atoms with Crippen LogP contribution in [0.3, 0.4) is 0 Å². The third kappa shape index (κ3) is 3.09. The van der Waals surface area contributed by atoms with Crippen LogP contribution in [0.5, 0.6) is 0 Å². The smallest absolute Gasteiger partial charge is 0.309 e. The van der Waals surface area contributed by atoms with Crippen LogP contribution < -0.4 is 0 Å². The first-order valence-corrected chi connectivity index (χ1v) is 5.92. The Morgan fingerprint density at radius 3 is 2.38 bits per heavy atom. The van der Waals surface area contributed by atoms with Crippen LogP contribution in [0, 0.1) is 5.92 Å². The van der Waals surface area contributed by atoms with Gasteiger partial charge in [-0.05, 0) is 24.8 Å². The Bertz CT molecular complexity index is 319. The molecule has 0 aliphatic carbocycles. The van der Waals surface area contributed by atoms with Crippen molar-refractivity contribution < 1.29 is 9.53 Å². The molecular formula is C14H20O2. The molecule has 0 aliphatic heterocycles. The summed E-state index contributed by atoms with van der Waals surface area (Å²) in [5, 5.41) is 0. The van der Waals surface area contributed by atoms with Crippen LogP contribution >= 0.6 is 0 Å². The van der Waals surface area contributed by atoms with Crippen LogP contribution in [0.4, 0.5) is 0 Å². The zero-order valence-electron chi connectivity index (χ0n) is 10.3. The average Bonchev–Trinajstić information content (AvgIpc) is 2.31. The molecule has 0 amide bonds. The number of rotatable bonds is 5. The normalized spacial score (nSPS) is 14.2. The topological polar surface area (TPSA) is 26.3 Å². The van der Waals surface area contributed by atoms with Crippen molar-refractivity contribution in [3.8, 4) is 0 Å². The van der Waals surface area contributed by atoms with E-state index in [0.717, 1.165) is 6.42 Å². The van der Waals surface area contributed by atoms with Crippen LogP contribution in [0.25, 0.3) is 0 Å². The Hall–Kier alpha value is -1.31. The Kier molecular flexibility index (Phi) is 5.03. The lowest BCUT2D eigenvalue weighted by Gasteiger charge is -2.21. The van der Waals surface area contributed by atoms with Gasteiger partial charge in [-0.15, -0.1) is 0 Å². The fourth-order valence-corrected chi connectivity index (χ4v) is 2.02. The molecule has 0 heterocycles. The molecular weight excluding hydrogens is 200 g/mol. The number of benzene rings is 1. The Morgan fingerprint density at radius 2 is 1.88 bits per heavy atom. The number of hydrogen-bond acceptors (Lipinski definition) is 2. The van der Waals surface area contributed by atoms with Gasteiger partial charge in [0.25, 0.3) is 0 Å². The van der Waals surface area contributed by atoms with Gasteiger partial charge >= 0.3 is 5.97 Å².